The molecule has 0 N–H and O–H groups in total. The van der Waals surface area contributed by atoms with Crippen LogP contribution in [0.4, 0.5) is 0 Å². The van der Waals surface area contributed by atoms with E-state index >= 15 is 0 Å². The molecule has 0 saturated carbocycles. The molecule has 0 atom stereocenters. The van der Waals surface area contributed by atoms with Crippen LogP contribution in [0.5, 0.6) is 23.0 Å². The zero-order valence-corrected chi connectivity index (χ0v) is 14.1. The van der Waals surface area contributed by atoms with E-state index in [-0.39, 0.29) is 0 Å². The average Bonchev–Trinajstić information content (AvgIpc) is 2.93. The predicted molar refractivity (Wildman–Crippen MR) is 85.7 cm³/mol. The molecular formula is C15H17O4PSi. The third-order valence-corrected chi connectivity index (χ3v) is 15.7. The molecule has 1 spiro atoms. The van der Waals surface area contributed by atoms with E-state index in [4.69, 9.17) is 18.1 Å². The first kappa shape index (κ1) is 13.0. The van der Waals surface area contributed by atoms with Crippen LogP contribution in [-0.4, -0.2) is 7.74 Å². The molecule has 2 aliphatic rings. The monoisotopic (exact) mass is 320 g/mol. The van der Waals surface area contributed by atoms with Gasteiger partial charge in [-0.15, -0.1) is 0 Å². The van der Waals surface area contributed by atoms with Crippen molar-refractivity contribution in [3.05, 3.63) is 48.5 Å². The molecule has 4 nitrogen and oxygen atoms in total. The number of rotatable bonds is 1. The van der Waals surface area contributed by atoms with Crippen molar-refractivity contribution in [1.82, 2.24) is 0 Å². The van der Waals surface area contributed by atoms with Gasteiger partial charge in [0.05, 0.1) is 0 Å². The van der Waals surface area contributed by atoms with E-state index in [9.17, 15) is 0 Å². The Morgan fingerprint density at radius 2 is 0.905 bits per heavy atom. The van der Waals surface area contributed by atoms with Crippen LogP contribution >= 0.6 is 7.06 Å². The fraction of sp³-hybridized carbons (Fsp3) is 0.200. The molecule has 2 aliphatic heterocycles. The van der Waals surface area contributed by atoms with E-state index in [1.54, 1.807) is 0 Å². The molecule has 21 heavy (non-hydrogen) atoms. The van der Waals surface area contributed by atoms with Crippen LogP contribution in [0.3, 0.4) is 0 Å². The summed E-state index contributed by atoms with van der Waals surface area (Å²) in [6.07, 6.45) is 0. The van der Waals surface area contributed by atoms with Crippen LogP contribution < -0.4 is 18.1 Å². The summed E-state index contributed by atoms with van der Waals surface area (Å²) < 4.78 is 25.3. The molecule has 110 valence electrons. The van der Waals surface area contributed by atoms with Gasteiger partial charge < -0.3 is 0 Å². The van der Waals surface area contributed by atoms with Crippen molar-refractivity contribution in [1.29, 1.82) is 0 Å². The molecule has 2 heterocycles. The van der Waals surface area contributed by atoms with Gasteiger partial charge >= 0.3 is 124 Å². The Kier molecular flexibility index (Phi) is 2.31. The van der Waals surface area contributed by atoms with Gasteiger partial charge in [-0.2, -0.15) is 0 Å². The predicted octanol–water partition coefficient (Wildman–Crippen LogP) is 4.98. The van der Waals surface area contributed by atoms with Crippen molar-refractivity contribution >= 4 is 14.8 Å². The van der Waals surface area contributed by atoms with Gasteiger partial charge in [0.1, 0.15) is 0 Å². The van der Waals surface area contributed by atoms with Gasteiger partial charge in [-0.05, 0) is 0 Å². The summed E-state index contributed by atoms with van der Waals surface area (Å²) in [5.74, 6) is 2.80. The fourth-order valence-electron chi connectivity index (χ4n) is 2.54. The molecule has 2 aromatic rings. The maximum absolute atomic E-state index is 6.32. The van der Waals surface area contributed by atoms with E-state index in [1.165, 1.54) is 0 Å². The van der Waals surface area contributed by atoms with Gasteiger partial charge in [0.2, 0.25) is 0 Å². The molecule has 0 unspecified atom stereocenters. The van der Waals surface area contributed by atoms with Crippen molar-refractivity contribution < 1.29 is 18.1 Å². The Balaban J connectivity index is 1.91. The minimum atomic E-state index is -3.69. The van der Waals surface area contributed by atoms with Crippen LogP contribution in [0.2, 0.25) is 19.6 Å². The van der Waals surface area contributed by atoms with Crippen molar-refractivity contribution in [3.8, 4) is 23.0 Å². The average molecular weight is 320 g/mol. The normalized spacial score (nSPS) is 21.8. The van der Waals surface area contributed by atoms with Crippen LogP contribution in [0.1, 0.15) is 0 Å². The molecule has 0 amide bonds. The zero-order chi connectivity index (χ0) is 14.7. The van der Waals surface area contributed by atoms with Crippen LogP contribution in [0, 0.1) is 0 Å². The van der Waals surface area contributed by atoms with Gasteiger partial charge in [0, 0.05) is 0 Å². The standard InChI is InChI=1S/C15H17O4PSi/c1-21(2,3)20(16-12-8-4-5-9-13(12)17-20)18-14-10-6-7-11-15(14)19-20/h4-11H,1-3H3. The van der Waals surface area contributed by atoms with Gasteiger partial charge in [-0.3, -0.25) is 0 Å². The summed E-state index contributed by atoms with van der Waals surface area (Å²) in [7, 11) is -5.80. The summed E-state index contributed by atoms with van der Waals surface area (Å²) in [5, 5.41) is 0. The van der Waals surface area contributed by atoms with Gasteiger partial charge in [0.15, 0.2) is 0 Å². The Labute approximate surface area is 124 Å². The van der Waals surface area contributed by atoms with Gasteiger partial charge in [0.25, 0.3) is 0 Å². The van der Waals surface area contributed by atoms with E-state index < -0.39 is 14.8 Å². The van der Waals surface area contributed by atoms with Gasteiger partial charge in [-0.1, -0.05) is 0 Å². The van der Waals surface area contributed by atoms with Crippen LogP contribution in [0.25, 0.3) is 0 Å². The summed E-state index contributed by atoms with van der Waals surface area (Å²) in [4.78, 5) is 0. The zero-order valence-electron chi connectivity index (χ0n) is 12.2. The number of hydrogen-bond donors (Lipinski definition) is 0. The SMILES string of the molecule is C[Si](C)(C)P12(Oc3ccccc3O1)Oc1ccccc1O2. The van der Waals surface area contributed by atoms with E-state index in [0.717, 1.165) is 0 Å². The van der Waals surface area contributed by atoms with E-state index in [0.29, 0.717) is 23.0 Å². The van der Waals surface area contributed by atoms with E-state index in [1.807, 2.05) is 48.5 Å². The number of fused-ring (bicyclic) bond motifs is 2. The molecule has 6 heteroatoms. The molecule has 0 saturated heterocycles. The summed E-state index contributed by atoms with van der Waals surface area (Å²) >= 11 is 0. The molecule has 0 bridgehead atoms. The quantitative estimate of drug-likeness (QED) is 0.549. The minimum absolute atomic E-state index is 0.699. The van der Waals surface area contributed by atoms with Crippen LogP contribution in [0.15, 0.2) is 48.5 Å². The Hall–Kier alpha value is -1.71. The summed E-state index contributed by atoms with van der Waals surface area (Å²) in [6, 6.07) is 15.3. The van der Waals surface area contributed by atoms with Crippen molar-refractivity contribution in [2.75, 3.05) is 0 Å². The number of para-hydroxylation sites is 4. The van der Waals surface area contributed by atoms with E-state index in [2.05, 4.69) is 19.6 Å². The van der Waals surface area contributed by atoms with Crippen molar-refractivity contribution in [3.63, 3.8) is 0 Å². The fourth-order valence-corrected chi connectivity index (χ4v) is 10.3. The molecule has 0 radical (unpaired) electrons. The second kappa shape index (κ2) is 3.73. The Morgan fingerprint density at radius 1 is 0.619 bits per heavy atom. The molecule has 2 aromatic carbocycles. The van der Waals surface area contributed by atoms with Gasteiger partial charge in [-0.25, -0.2) is 0 Å². The summed E-state index contributed by atoms with van der Waals surface area (Å²) in [5.41, 5.74) is 0. The third kappa shape index (κ3) is 1.53. The second-order valence-electron chi connectivity index (χ2n) is 6.24. The van der Waals surface area contributed by atoms with Crippen LogP contribution in [-0.2, 0) is 0 Å². The Bertz CT molecular complexity index is 627. The third-order valence-electron chi connectivity index (χ3n) is 3.82. The number of benzene rings is 2. The number of hydrogen-bond acceptors (Lipinski definition) is 4. The second-order valence-corrected chi connectivity index (χ2v) is 19.2. The first-order valence-electron chi connectivity index (χ1n) is 6.93. The molecule has 4 rings (SSSR count). The van der Waals surface area contributed by atoms with Crippen molar-refractivity contribution in [2.24, 2.45) is 0 Å². The Morgan fingerprint density at radius 3 is 1.14 bits per heavy atom. The first-order chi connectivity index (χ1) is 9.92. The first-order valence-corrected chi connectivity index (χ1v) is 13.2. The topological polar surface area (TPSA) is 36.9 Å². The summed E-state index contributed by atoms with van der Waals surface area (Å²) in [6.45, 7) is 6.47. The molecule has 0 aliphatic carbocycles. The molecule has 0 aromatic heterocycles. The van der Waals surface area contributed by atoms with Crippen molar-refractivity contribution in [2.45, 2.75) is 19.6 Å². The molecular weight excluding hydrogens is 303 g/mol. The maximum atomic E-state index is 6.32. The molecule has 0 fully saturated rings.